The molecule has 1 aromatic rings. The van der Waals surface area contributed by atoms with Gasteiger partial charge in [0.2, 0.25) is 0 Å². The molecular formula is C18H30N2. The summed E-state index contributed by atoms with van der Waals surface area (Å²) in [6.07, 6.45) is 3.80. The van der Waals surface area contributed by atoms with E-state index in [9.17, 15) is 0 Å². The van der Waals surface area contributed by atoms with Crippen molar-refractivity contribution in [3.63, 3.8) is 0 Å². The van der Waals surface area contributed by atoms with Gasteiger partial charge in [-0.15, -0.1) is 0 Å². The van der Waals surface area contributed by atoms with Crippen molar-refractivity contribution in [1.29, 1.82) is 0 Å². The first-order valence-electron chi connectivity index (χ1n) is 8.08. The van der Waals surface area contributed by atoms with Crippen LogP contribution >= 0.6 is 0 Å². The molecule has 1 aromatic carbocycles. The number of hydrogen-bond acceptors (Lipinski definition) is 2. The van der Waals surface area contributed by atoms with E-state index in [1.54, 1.807) is 0 Å². The summed E-state index contributed by atoms with van der Waals surface area (Å²) in [7, 11) is 0. The summed E-state index contributed by atoms with van der Waals surface area (Å²) < 4.78 is 0. The Morgan fingerprint density at radius 1 is 1.30 bits per heavy atom. The number of aryl methyl sites for hydroxylation is 1. The zero-order chi connectivity index (χ0) is 14.8. The van der Waals surface area contributed by atoms with Crippen molar-refractivity contribution >= 4 is 5.69 Å². The molecule has 0 amide bonds. The second-order valence-corrected chi connectivity index (χ2v) is 6.62. The third kappa shape index (κ3) is 2.58. The van der Waals surface area contributed by atoms with E-state index in [1.807, 2.05) is 0 Å². The SMILES string of the molecule is CCN(c1ccccc1C)C1(CN)CCC(C)CC1C. The van der Waals surface area contributed by atoms with E-state index in [4.69, 9.17) is 5.73 Å². The smallest absolute Gasteiger partial charge is 0.0549 e. The molecule has 0 spiro atoms. The predicted molar refractivity (Wildman–Crippen MR) is 88.2 cm³/mol. The van der Waals surface area contributed by atoms with Gasteiger partial charge in [-0.05, 0) is 56.6 Å². The minimum atomic E-state index is 0.132. The van der Waals surface area contributed by atoms with Gasteiger partial charge in [0.15, 0.2) is 0 Å². The molecule has 0 heterocycles. The van der Waals surface area contributed by atoms with E-state index in [1.165, 1.54) is 30.5 Å². The number of hydrogen-bond donors (Lipinski definition) is 1. The molecule has 2 nitrogen and oxygen atoms in total. The molecule has 1 fully saturated rings. The average Bonchev–Trinajstić information content (AvgIpc) is 2.44. The maximum Gasteiger partial charge on any atom is 0.0549 e. The number of benzene rings is 1. The summed E-state index contributed by atoms with van der Waals surface area (Å²) in [4.78, 5) is 2.58. The number of likely N-dealkylation sites (N-methyl/N-ethyl adjacent to an activating group) is 1. The monoisotopic (exact) mass is 274 g/mol. The largest absolute Gasteiger partial charge is 0.364 e. The van der Waals surface area contributed by atoms with Crippen molar-refractivity contribution in [2.75, 3.05) is 18.0 Å². The first-order valence-corrected chi connectivity index (χ1v) is 8.08. The van der Waals surface area contributed by atoms with Crippen LogP contribution < -0.4 is 10.6 Å². The molecule has 20 heavy (non-hydrogen) atoms. The number of nitrogens with two attached hydrogens (primary N) is 1. The number of anilines is 1. The van der Waals surface area contributed by atoms with Gasteiger partial charge in [-0.1, -0.05) is 32.0 Å². The maximum atomic E-state index is 6.30. The van der Waals surface area contributed by atoms with Crippen LogP contribution in [-0.2, 0) is 0 Å². The summed E-state index contributed by atoms with van der Waals surface area (Å²) in [6.45, 7) is 11.0. The fraction of sp³-hybridized carbons (Fsp3) is 0.667. The average molecular weight is 274 g/mol. The number of nitrogens with zero attached hydrogens (tertiary/aromatic N) is 1. The lowest BCUT2D eigenvalue weighted by Crippen LogP contribution is -2.60. The molecule has 0 aromatic heterocycles. The van der Waals surface area contributed by atoms with E-state index < -0.39 is 0 Å². The van der Waals surface area contributed by atoms with Crippen LogP contribution in [0.4, 0.5) is 5.69 Å². The summed E-state index contributed by atoms with van der Waals surface area (Å²) in [5, 5.41) is 0. The predicted octanol–water partition coefficient (Wildman–Crippen LogP) is 3.97. The standard InChI is InChI=1S/C18H30N2/c1-5-20(17-9-7-6-8-15(17)3)18(13-19)11-10-14(2)12-16(18)4/h6-9,14,16H,5,10-13,19H2,1-4H3. The Labute approximate surface area is 124 Å². The molecular weight excluding hydrogens is 244 g/mol. The van der Waals surface area contributed by atoms with Gasteiger partial charge in [-0.2, -0.15) is 0 Å². The van der Waals surface area contributed by atoms with Crippen molar-refractivity contribution in [3.8, 4) is 0 Å². The Morgan fingerprint density at radius 3 is 2.55 bits per heavy atom. The van der Waals surface area contributed by atoms with Gasteiger partial charge < -0.3 is 10.6 Å². The van der Waals surface area contributed by atoms with Crippen LogP contribution in [0.15, 0.2) is 24.3 Å². The molecule has 3 unspecified atom stereocenters. The van der Waals surface area contributed by atoms with Gasteiger partial charge in [0, 0.05) is 18.8 Å². The number of rotatable bonds is 4. The molecule has 0 radical (unpaired) electrons. The molecule has 3 atom stereocenters. The zero-order valence-corrected chi connectivity index (χ0v) is 13.5. The highest BCUT2D eigenvalue weighted by Crippen LogP contribution is 2.42. The molecule has 1 aliphatic rings. The van der Waals surface area contributed by atoms with Crippen LogP contribution in [0.2, 0.25) is 0 Å². The summed E-state index contributed by atoms with van der Waals surface area (Å²) in [6, 6.07) is 8.72. The molecule has 2 heteroatoms. The van der Waals surface area contributed by atoms with Gasteiger partial charge in [0.25, 0.3) is 0 Å². The summed E-state index contributed by atoms with van der Waals surface area (Å²) >= 11 is 0. The first kappa shape index (κ1) is 15.4. The Kier molecular flexibility index (Phi) is 4.74. The van der Waals surface area contributed by atoms with Gasteiger partial charge >= 0.3 is 0 Å². The minimum absolute atomic E-state index is 0.132. The van der Waals surface area contributed by atoms with E-state index in [-0.39, 0.29) is 5.54 Å². The van der Waals surface area contributed by atoms with Gasteiger partial charge in [0.1, 0.15) is 0 Å². The third-order valence-corrected chi connectivity index (χ3v) is 5.36. The molecule has 0 saturated heterocycles. The van der Waals surface area contributed by atoms with Crippen molar-refractivity contribution in [2.24, 2.45) is 17.6 Å². The van der Waals surface area contributed by atoms with Crippen molar-refractivity contribution in [3.05, 3.63) is 29.8 Å². The molecule has 1 aliphatic carbocycles. The van der Waals surface area contributed by atoms with Gasteiger partial charge in [-0.25, -0.2) is 0 Å². The van der Waals surface area contributed by atoms with Crippen LogP contribution in [0.25, 0.3) is 0 Å². The van der Waals surface area contributed by atoms with Crippen molar-refractivity contribution in [2.45, 2.75) is 52.5 Å². The minimum Gasteiger partial charge on any atom is -0.364 e. The van der Waals surface area contributed by atoms with Crippen LogP contribution in [-0.4, -0.2) is 18.6 Å². The fourth-order valence-corrected chi connectivity index (χ4v) is 4.09. The second-order valence-electron chi connectivity index (χ2n) is 6.62. The maximum absolute atomic E-state index is 6.30. The lowest BCUT2D eigenvalue weighted by atomic mass is 9.68. The molecule has 0 aliphatic heterocycles. The van der Waals surface area contributed by atoms with E-state index in [2.05, 4.69) is 56.9 Å². The summed E-state index contributed by atoms with van der Waals surface area (Å²) in [5.41, 5.74) is 9.15. The van der Waals surface area contributed by atoms with Gasteiger partial charge in [-0.3, -0.25) is 0 Å². The Balaban J connectivity index is 2.40. The highest BCUT2D eigenvalue weighted by Gasteiger charge is 2.43. The van der Waals surface area contributed by atoms with Crippen LogP contribution in [0, 0.1) is 18.8 Å². The van der Waals surface area contributed by atoms with Crippen molar-refractivity contribution in [1.82, 2.24) is 0 Å². The van der Waals surface area contributed by atoms with Crippen LogP contribution in [0.1, 0.15) is 45.6 Å². The summed E-state index contributed by atoms with van der Waals surface area (Å²) in [5.74, 6) is 1.48. The highest BCUT2D eigenvalue weighted by molar-refractivity contribution is 5.55. The van der Waals surface area contributed by atoms with E-state index in [0.717, 1.165) is 19.0 Å². The molecule has 1 saturated carbocycles. The lowest BCUT2D eigenvalue weighted by molar-refractivity contribution is 0.159. The lowest BCUT2D eigenvalue weighted by Gasteiger charge is -2.52. The molecule has 112 valence electrons. The molecule has 0 bridgehead atoms. The quantitative estimate of drug-likeness (QED) is 0.900. The Morgan fingerprint density at radius 2 is 2.00 bits per heavy atom. The Hall–Kier alpha value is -1.02. The number of para-hydroxylation sites is 1. The van der Waals surface area contributed by atoms with E-state index >= 15 is 0 Å². The molecule has 2 N–H and O–H groups in total. The second kappa shape index (κ2) is 6.17. The van der Waals surface area contributed by atoms with Crippen LogP contribution in [0.3, 0.4) is 0 Å². The third-order valence-electron chi connectivity index (χ3n) is 5.36. The van der Waals surface area contributed by atoms with E-state index in [0.29, 0.717) is 5.92 Å². The van der Waals surface area contributed by atoms with Crippen molar-refractivity contribution < 1.29 is 0 Å². The zero-order valence-electron chi connectivity index (χ0n) is 13.5. The molecule has 2 rings (SSSR count). The van der Waals surface area contributed by atoms with Crippen LogP contribution in [0.5, 0.6) is 0 Å². The van der Waals surface area contributed by atoms with Gasteiger partial charge in [0.05, 0.1) is 5.54 Å². The fourth-order valence-electron chi connectivity index (χ4n) is 4.09. The Bertz CT molecular complexity index is 443. The first-order chi connectivity index (χ1) is 9.55. The highest BCUT2D eigenvalue weighted by atomic mass is 15.2. The topological polar surface area (TPSA) is 29.3 Å². The normalized spacial score (nSPS) is 30.2.